The highest BCUT2D eigenvalue weighted by Gasteiger charge is 2.22. The molecule has 5 nitrogen and oxygen atoms in total. The first-order valence-electron chi connectivity index (χ1n) is 9.15. The third-order valence-corrected chi connectivity index (χ3v) is 4.64. The van der Waals surface area contributed by atoms with Crippen molar-refractivity contribution in [2.24, 2.45) is 10.7 Å². The number of rotatable bonds is 9. The molecule has 5 heteroatoms. The Kier molecular flexibility index (Phi) is 8.05. The van der Waals surface area contributed by atoms with Gasteiger partial charge in [0.2, 0.25) is 0 Å². The average Bonchev–Trinajstić information content (AvgIpc) is 3.07. The number of nitrogens with two attached hydrogens (primary N) is 1. The highest BCUT2D eigenvalue weighted by molar-refractivity contribution is 5.77. The molecule has 1 heterocycles. The quantitative estimate of drug-likeness (QED) is 0.414. The van der Waals surface area contributed by atoms with E-state index in [-0.39, 0.29) is 6.10 Å². The number of aliphatic imine (C=N–C) groups is 1. The molecular weight excluding hydrogens is 300 g/mol. The second-order valence-corrected chi connectivity index (χ2v) is 6.35. The number of likely N-dealkylation sites (N-methyl/N-ethyl adjacent to an activating group) is 1. The molecule has 0 spiro atoms. The summed E-state index contributed by atoms with van der Waals surface area (Å²) in [4.78, 5) is 6.97. The van der Waals surface area contributed by atoms with Crippen LogP contribution >= 0.6 is 0 Å². The van der Waals surface area contributed by atoms with Crippen molar-refractivity contribution in [2.45, 2.75) is 45.3 Å². The minimum atomic E-state index is 0.125. The van der Waals surface area contributed by atoms with Crippen LogP contribution in [-0.2, 0) is 4.74 Å². The second-order valence-electron chi connectivity index (χ2n) is 6.35. The SMILES string of the molecule is CCN1CCCC1CN=C(N)NCCCOC(C)c1ccccc1. The van der Waals surface area contributed by atoms with E-state index in [1.54, 1.807) is 0 Å². The molecule has 1 saturated heterocycles. The maximum atomic E-state index is 5.95. The Morgan fingerprint density at radius 2 is 2.21 bits per heavy atom. The summed E-state index contributed by atoms with van der Waals surface area (Å²) in [6.07, 6.45) is 3.55. The minimum Gasteiger partial charge on any atom is -0.374 e. The molecule has 24 heavy (non-hydrogen) atoms. The average molecular weight is 332 g/mol. The molecule has 1 aliphatic rings. The van der Waals surface area contributed by atoms with Gasteiger partial charge < -0.3 is 15.8 Å². The molecule has 2 unspecified atom stereocenters. The van der Waals surface area contributed by atoms with Crippen molar-refractivity contribution >= 4 is 5.96 Å². The van der Waals surface area contributed by atoms with Gasteiger partial charge in [0.1, 0.15) is 0 Å². The molecule has 134 valence electrons. The first kappa shape index (κ1) is 18.7. The molecule has 0 radical (unpaired) electrons. The molecule has 1 aromatic rings. The predicted molar refractivity (Wildman–Crippen MR) is 100 cm³/mol. The monoisotopic (exact) mass is 332 g/mol. The fraction of sp³-hybridized carbons (Fsp3) is 0.632. The number of guanidine groups is 1. The highest BCUT2D eigenvalue weighted by Crippen LogP contribution is 2.17. The molecule has 1 aliphatic heterocycles. The van der Waals surface area contributed by atoms with Gasteiger partial charge in [0.15, 0.2) is 5.96 Å². The van der Waals surface area contributed by atoms with Crippen molar-refractivity contribution in [3.8, 4) is 0 Å². The Hall–Kier alpha value is -1.59. The van der Waals surface area contributed by atoms with Crippen LogP contribution in [0.3, 0.4) is 0 Å². The summed E-state index contributed by atoms with van der Waals surface area (Å²) >= 11 is 0. The summed E-state index contributed by atoms with van der Waals surface area (Å²) in [7, 11) is 0. The first-order valence-corrected chi connectivity index (χ1v) is 9.15. The van der Waals surface area contributed by atoms with Crippen LogP contribution in [0, 0.1) is 0 Å². The van der Waals surface area contributed by atoms with Crippen molar-refractivity contribution in [3.05, 3.63) is 35.9 Å². The van der Waals surface area contributed by atoms with Gasteiger partial charge in [-0.1, -0.05) is 37.3 Å². The third kappa shape index (κ3) is 6.13. The Morgan fingerprint density at radius 3 is 2.96 bits per heavy atom. The number of nitrogens with zero attached hydrogens (tertiary/aromatic N) is 2. The molecule has 2 rings (SSSR count). The zero-order valence-corrected chi connectivity index (χ0v) is 15.1. The van der Waals surface area contributed by atoms with Gasteiger partial charge in [-0.2, -0.15) is 0 Å². The van der Waals surface area contributed by atoms with Crippen LogP contribution < -0.4 is 11.1 Å². The fourth-order valence-electron chi connectivity index (χ4n) is 3.15. The van der Waals surface area contributed by atoms with Gasteiger partial charge in [-0.05, 0) is 44.8 Å². The van der Waals surface area contributed by atoms with E-state index < -0.39 is 0 Å². The highest BCUT2D eigenvalue weighted by atomic mass is 16.5. The summed E-state index contributed by atoms with van der Waals surface area (Å²) < 4.78 is 5.85. The van der Waals surface area contributed by atoms with Crippen LogP contribution in [0.15, 0.2) is 35.3 Å². The topological polar surface area (TPSA) is 62.9 Å². The van der Waals surface area contributed by atoms with Crippen molar-refractivity contribution in [1.29, 1.82) is 0 Å². The van der Waals surface area contributed by atoms with Crippen LogP contribution in [0.25, 0.3) is 0 Å². The maximum Gasteiger partial charge on any atom is 0.188 e. The molecule has 3 N–H and O–H groups in total. The van der Waals surface area contributed by atoms with E-state index >= 15 is 0 Å². The van der Waals surface area contributed by atoms with Crippen molar-refractivity contribution < 1.29 is 4.74 Å². The Morgan fingerprint density at radius 1 is 1.42 bits per heavy atom. The third-order valence-electron chi connectivity index (χ3n) is 4.64. The molecular formula is C19H32N4O. The van der Waals surface area contributed by atoms with Crippen molar-refractivity contribution in [2.75, 3.05) is 32.8 Å². The Labute approximate surface area is 146 Å². The molecule has 0 aromatic heterocycles. The lowest BCUT2D eigenvalue weighted by molar-refractivity contribution is 0.0646. The van der Waals surface area contributed by atoms with E-state index in [2.05, 4.69) is 41.2 Å². The Balaban J connectivity index is 1.57. The number of ether oxygens (including phenoxy) is 1. The number of hydrogen-bond acceptors (Lipinski definition) is 3. The molecule has 0 aliphatic carbocycles. The van der Waals surface area contributed by atoms with Crippen LogP contribution in [0.1, 0.15) is 44.8 Å². The zero-order chi connectivity index (χ0) is 17.2. The molecule has 0 bridgehead atoms. The van der Waals surface area contributed by atoms with Crippen molar-refractivity contribution in [1.82, 2.24) is 10.2 Å². The van der Waals surface area contributed by atoms with E-state index in [4.69, 9.17) is 10.5 Å². The van der Waals surface area contributed by atoms with Crippen LogP contribution in [0.2, 0.25) is 0 Å². The first-order chi connectivity index (χ1) is 11.7. The van der Waals surface area contributed by atoms with Gasteiger partial charge in [-0.25, -0.2) is 0 Å². The second kappa shape index (κ2) is 10.3. The summed E-state index contributed by atoms with van der Waals surface area (Å²) in [5.74, 6) is 0.550. The summed E-state index contributed by atoms with van der Waals surface area (Å²) in [6.45, 7) is 8.89. The number of likely N-dealkylation sites (tertiary alicyclic amines) is 1. The lowest BCUT2D eigenvalue weighted by Gasteiger charge is -2.21. The fourth-order valence-corrected chi connectivity index (χ4v) is 3.15. The molecule has 2 atom stereocenters. The van der Waals surface area contributed by atoms with Crippen molar-refractivity contribution in [3.63, 3.8) is 0 Å². The maximum absolute atomic E-state index is 5.95. The lowest BCUT2D eigenvalue weighted by atomic mass is 10.1. The molecule has 0 amide bonds. The largest absolute Gasteiger partial charge is 0.374 e. The van der Waals surface area contributed by atoms with Crippen LogP contribution in [0.4, 0.5) is 0 Å². The summed E-state index contributed by atoms with van der Waals surface area (Å²) in [5, 5.41) is 3.18. The summed E-state index contributed by atoms with van der Waals surface area (Å²) in [6, 6.07) is 10.8. The minimum absolute atomic E-state index is 0.125. The van der Waals surface area contributed by atoms with E-state index in [9.17, 15) is 0 Å². The van der Waals surface area contributed by atoms with Crippen LogP contribution in [0.5, 0.6) is 0 Å². The van der Waals surface area contributed by atoms with Gasteiger partial charge in [-0.15, -0.1) is 0 Å². The normalized spacial score (nSPS) is 20.2. The molecule has 0 saturated carbocycles. The van der Waals surface area contributed by atoms with E-state index in [1.165, 1.54) is 24.9 Å². The number of nitrogens with one attached hydrogen (secondary N) is 1. The van der Waals surface area contributed by atoms with Gasteiger partial charge >= 0.3 is 0 Å². The van der Waals surface area contributed by atoms with Crippen LogP contribution in [-0.4, -0.2) is 49.7 Å². The molecule has 1 fully saturated rings. The van der Waals surface area contributed by atoms with Gasteiger partial charge in [0.05, 0.1) is 12.6 Å². The summed E-state index contributed by atoms with van der Waals surface area (Å²) in [5.41, 5.74) is 7.16. The van der Waals surface area contributed by atoms with Gasteiger partial charge in [0.25, 0.3) is 0 Å². The van der Waals surface area contributed by atoms with E-state index in [0.29, 0.717) is 18.6 Å². The number of benzene rings is 1. The van der Waals surface area contributed by atoms with Gasteiger partial charge in [0, 0.05) is 19.2 Å². The van der Waals surface area contributed by atoms with E-state index in [1.807, 2.05) is 18.2 Å². The number of hydrogen-bond donors (Lipinski definition) is 2. The zero-order valence-electron chi connectivity index (χ0n) is 15.1. The Bertz CT molecular complexity index is 491. The van der Waals surface area contributed by atoms with E-state index in [0.717, 1.165) is 26.1 Å². The predicted octanol–water partition coefficient (Wildman–Crippen LogP) is 2.54. The lowest BCUT2D eigenvalue weighted by Crippen LogP contribution is -2.36. The van der Waals surface area contributed by atoms with Gasteiger partial charge in [-0.3, -0.25) is 9.89 Å². The smallest absolute Gasteiger partial charge is 0.188 e. The standard InChI is InChI=1S/C19H32N4O/c1-3-23-13-7-11-18(23)15-22-19(20)21-12-8-14-24-16(2)17-9-5-4-6-10-17/h4-6,9-10,16,18H,3,7-8,11-15H2,1-2H3,(H3,20,21,22). The molecule has 1 aromatic carbocycles.